The number of nitrogens with zero attached hydrogens (tertiary/aromatic N) is 3. The molecule has 1 fully saturated rings. The molecule has 0 bridgehead atoms. The van der Waals surface area contributed by atoms with E-state index in [-0.39, 0.29) is 0 Å². The highest BCUT2D eigenvalue weighted by Gasteiger charge is 2.25. The zero-order chi connectivity index (χ0) is 13.5. The summed E-state index contributed by atoms with van der Waals surface area (Å²) >= 11 is 3.51. The Hall–Kier alpha value is -0.840. The maximum atomic E-state index is 5.56. The number of hydrogen-bond donors (Lipinski definition) is 0. The quantitative estimate of drug-likeness (QED) is 0.719. The second-order valence-electron chi connectivity index (χ2n) is 4.88. The molecule has 2 rings (SSSR count). The molecule has 1 unspecified atom stereocenters. The first-order valence-electron chi connectivity index (χ1n) is 7.12. The Bertz CT molecular complexity index is 389. The van der Waals surface area contributed by atoms with Crippen LogP contribution in [-0.2, 0) is 0 Å². The molecule has 1 aliphatic rings. The minimum Gasteiger partial charge on any atom is -0.477 e. The minimum atomic E-state index is 0.605. The van der Waals surface area contributed by atoms with Gasteiger partial charge in [0.2, 0.25) is 5.88 Å². The van der Waals surface area contributed by atoms with E-state index >= 15 is 0 Å². The lowest BCUT2D eigenvalue weighted by molar-refractivity contribution is 0.304. The predicted molar refractivity (Wildman–Crippen MR) is 81.2 cm³/mol. The van der Waals surface area contributed by atoms with Crippen LogP contribution in [0.25, 0.3) is 0 Å². The van der Waals surface area contributed by atoms with Gasteiger partial charge in [0.05, 0.1) is 19.0 Å². The van der Waals surface area contributed by atoms with E-state index in [0.29, 0.717) is 18.5 Å². The minimum absolute atomic E-state index is 0.605. The maximum absolute atomic E-state index is 5.56. The summed E-state index contributed by atoms with van der Waals surface area (Å²) in [5.41, 5.74) is 0. The van der Waals surface area contributed by atoms with Crippen molar-refractivity contribution >= 4 is 21.7 Å². The molecule has 0 saturated carbocycles. The van der Waals surface area contributed by atoms with Crippen LogP contribution < -0.4 is 9.64 Å². The summed E-state index contributed by atoms with van der Waals surface area (Å²) in [6.07, 6.45) is 9.47. The Morgan fingerprint density at radius 1 is 1.47 bits per heavy atom. The fourth-order valence-electron chi connectivity index (χ4n) is 2.50. The first-order chi connectivity index (χ1) is 9.35. The van der Waals surface area contributed by atoms with E-state index in [0.717, 1.165) is 24.1 Å². The lowest BCUT2D eigenvalue weighted by Crippen LogP contribution is -2.30. The molecule has 0 N–H and O–H groups in total. The van der Waals surface area contributed by atoms with Crippen molar-refractivity contribution in [3.63, 3.8) is 0 Å². The van der Waals surface area contributed by atoms with Gasteiger partial charge in [0.1, 0.15) is 0 Å². The zero-order valence-corrected chi connectivity index (χ0v) is 13.1. The van der Waals surface area contributed by atoms with E-state index < -0.39 is 0 Å². The van der Waals surface area contributed by atoms with Crippen LogP contribution in [0.3, 0.4) is 0 Å². The predicted octanol–water partition coefficient (Wildman–Crippen LogP) is 3.41. The maximum Gasteiger partial charge on any atom is 0.234 e. The van der Waals surface area contributed by atoms with Crippen LogP contribution in [0.4, 0.5) is 5.82 Å². The smallest absolute Gasteiger partial charge is 0.234 e. The van der Waals surface area contributed by atoms with Gasteiger partial charge >= 0.3 is 0 Å². The fourth-order valence-corrected chi connectivity index (χ4v) is 2.83. The lowest BCUT2D eigenvalue weighted by atomic mass is 10.1. The number of anilines is 1. The highest BCUT2D eigenvalue weighted by molar-refractivity contribution is 9.09. The summed E-state index contributed by atoms with van der Waals surface area (Å²) in [7, 11) is 0. The number of hydrogen-bond acceptors (Lipinski definition) is 4. The Balaban J connectivity index is 2.03. The Morgan fingerprint density at radius 2 is 2.37 bits per heavy atom. The molecule has 1 saturated heterocycles. The average molecular weight is 328 g/mol. The molecule has 0 radical (unpaired) electrons. The van der Waals surface area contributed by atoms with Gasteiger partial charge in [-0.2, -0.15) is 4.98 Å². The molecule has 2 heterocycles. The first-order valence-corrected chi connectivity index (χ1v) is 8.24. The summed E-state index contributed by atoms with van der Waals surface area (Å²) in [6.45, 7) is 3.87. The largest absolute Gasteiger partial charge is 0.477 e. The zero-order valence-electron chi connectivity index (χ0n) is 11.5. The average Bonchev–Trinajstić information content (AvgIpc) is 2.91. The van der Waals surface area contributed by atoms with Crippen LogP contribution in [0.5, 0.6) is 5.88 Å². The molecule has 0 aromatic carbocycles. The van der Waals surface area contributed by atoms with Gasteiger partial charge in [0, 0.05) is 17.9 Å². The van der Waals surface area contributed by atoms with E-state index in [2.05, 4.69) is 37.7 Å². The topological polar surface area (TPSA) is 38.2 Å². The number of halogens is 1. The molecule has 4 nitrogen and oxygen atoms in total. The van der Waals surface area contributed by atoms with Crippen molar-refractivity contribution in [2.24, 2.45) is 0 Å². The summed E-state index contributed by atoms with van der Waals surface area (Å²) < 4.78 is 5.56. The van der Waals surface area contributed by atoms with Crippen molar-refractivity contribution in [1.82, 2.24) is 9.97 Å². The van der Waals surface area contributed by atoms with Crippen molar-refractivity contribution in [1.29, 1.82) is 0 Å². The van der Waals surface area contributed by atoms with Gasteiger partial charge in [-0.05, 0) is 32.1 Å². The second kappa shape index (κ2) is 7.68. The number of alkyl halides is 1. The second-order valence-corrected chi connectivity index (χ2v) is 5.68. The SMILES string of the molecule is CCCOc1cncc(N2CCCC2CCCBr)n1. The van der Waals surface area contributed by atoms with Gasteiger partial charge in [-0.15, -0.1) is 0 Å². The molecule has 106 valence electrons. The van der Waals surface area contributed by atoms with E-state index in [1.807, 2.05) is 6.20 Å². The van der Waals surface area contributed by atoms with Gasteiger partial charge in [0.15, 0.2) is 5.82 Å². The number of rotatable bonds is 7. The number of ether oxygens (including phenoxy) is 1. The van der Waals surface area contributed by atoms with Crippen molar-refractivity contribution in [2.75, 3.05) is 23.4 Å². The fraction of sp³-hybridized carbons (Fsp3) is 0.714. The third-order valence-electron chi connectivity index (χ3n) is 3.40. The van der Waals surface area contributed by atoms with Crippen LogP contribution in [0.15, 0.2) is 12.4 Å². The van der Waals surface area contributed by atoms with E-state index in [1.165, 1.54) is 25.7 Å². The third-order valence-corrected chi connectivity index (χ3v) is 3.96. The van der Waals surface area contributed by atoms with Crippen LogP contribution in [-0.4, -0.2) is 34.5 Å². The van der Waals surface area contributed by atoms with Crippen LogP contribution in [0.1, 0.15) is 39.0 Å². The molecular weight excluding hydrogens is 306 g/mol. The molecule has 1 aromatic rings. The van der Waals surface area contributed by atoms with Gasteiger partial charge in [0.25, 0.3) is 0 Å². The Labute approximate surface area is 123 Å². The lowest BCUT2D eigenvalue weighted by Gasteiger charge is -2.25. The summed E-state index contributed by atoms with van der Waals surface area (Å²) in [5, 5.41) is 1.07. The molecule has 1 aromatic heterocycles. The van der Waals surface area contributed by atoms with Crippen molar-refractivity contribution in [2.45, 2.75) is 45.1 Å². The highest BCUT2D eigenvalue weighted by atomic mass is 79.9. The molecule has 1 aliphatic heterocycles. The van der Waals surface area contributed by atoms with Crippen LogP contribution in [0, 0.1) is 0 Å². The number of aromatic nitrogens is 2. The van der Waals surface area contributed by atoms with E-state index in [4.69, 9.17) is 4.74 Å². The van der Waals surface area contributed by atoms with Gasteiger partial charge in [-0.25, -0.2) is 0 Å². The molecule has 19 heavy (non-hydrogen) atoms. The summed E-state index contributed by atoms with van der Waals surface area (Å²) in [4.78, 5) is 11.2. The van der Waals surface area contributed by atoms with Crippen LogP contribution in [0.2, 0.25) is 0 Å². The molecule has 5 heteroatoms. The van der Waals surface area contributed by atoms with Crippen LogP contribution >= 0.6 is 15.9 Å². The highest BCUT2D eigenvalue weighted by Crippen LogP contribution is 2.27. The molecule has 0 amide bonds. The Kier molecular flexibility index (Phi) is 5.89. The van der Waals surface area contributed by atoms with Gasteiger partial charge < -0.3 is 9.64 Å². The standard InChI is InChI=1S/C14H22BrN3O/c1-2-9-19-14-11-16-10-13(17-14)18-8-4-6-12(18)5-3-7-15/h10-12H,2-9H2,1H3. The Morgan fingerprint density at radius 3 is 3.16 bits per heavy atom. The van der Waals surface area contributed by atoms with Crippen molar-refractivity contribution in [3.05, 3.63) is 12.4 Å². The normalized spacial score (nSPS) is 18.8. The van der Waals surface area contributed by atoms with Gasteiger partial charge in [-0.3, -0.25) is 4.98 Å². The third kappa shape index (κ3) is 4.06. The van der Waals surface area contributed by atoms with Gasteiger partial charge in [-0.1, -0.05) is 22.9 Å². The van der Waals surface area contributed by atoms with Crippen molar-refractivity contribution < 1.29 is 4.74 Å². The summed E-state index contributed by atoms with van der Waals surface area (Å²) in [5.74, 6) is 1.61. The van der Waals surface area contributed by atoms with E-state index in [9.17, 15) is 0 Å². The molecule has 0 spiro atoms. The summed E-state index contributed by atoms with van der Waals surface area (Å²) in [6, 6.07) is 0.605. The molecule has 0 aliphatic carbocycles. The van der Waals surface area contributed by atoms with E-state index in [1.54, 1.807) is 6.20 Å². The monoisotopic (exact) mass is 327 g/mol. The first kappa shape index (κ1) is 14.6. The molecular formula is C14H22BrN3O. The molecule has 1 atom stereocenters. The van der Waals surface area contributed by atoms with Crippen molar-refractivity contribution in [3.8, 4) is 5.88 Å².